The molecular formula is C16H29N3O2. The van der Waals surface area contributed by atoms with E-state index in [0.717, 1.165) is 12.8 Å². The van der Waals surface area contributed by atoms with Gasteiger partial charge in [0.15, 0.2) is 0 Å². The van der Waals surface area contributed by atoms with Crippen LogP contribution < -0.4 is 5.32 Å². The Bertz CT molecular complexity index is 433. The van der Waals surface area contributed by atoms with E-state index in [1.165, 1.54) is 6.42 Å². The lowest BCUT2D eigenvalue weighted by Crippen LogP contribution is -2.57. The van der Waals surface area contributed by atoms with Crippen LogP contribution in [0, 0.1) is 11.3 Å². The first-order chi connectivity index (χ1) is 9.84. The molecule has 0 aliphatic heterocycles. The largest absolute Gasteiger partial charge is 0.394 e. The number of nitrogens with one attached hydrogen (secondary N) is 1. The summed E-state index contributed by atoms with van der Waals surface area (Å²) in [6.07, 6.45) is 6.13. The zero-order chi connectivity index (χ0) is 15.5. The molecule has 1 aromatic rings. The Morgan fingerprint density at radius 3 is 2.76 bits per heavy atom. The van der Waals surface area contributed by atoms with Crippen molar-refractivity contribution in [3.8, 4) is 0 Å². The number of hydrogen-bond acceptors (Lipinski definition) is 4. The number of aliphatic hydroxyl groups is 2. The maximum atomic E-state index is 10.2. The van der Waals surface area contributed by atoms with Gasteiger partial charge in [-0.1, -0.05) is 20.8 Å². The normalized spacial score (nSPS) is 30.2. The molecule has 0 radical (unpaired) electrons. The van der Waals surface area contributed by atoms with Crippen molar-refractivity contribution in [2.75, 3.05) is 13.2 Å². The van der Waals surface area contributed by atoms with Crippen molar-refractivity contribution >= 4 is 0 Å². The average molecular weight is 295 g/mol. The number of nitrogens with zero attached hydrogens (tertiary/aromatic N) is 2. The highest BCUT2D eigenvalue weighted by atomic mass is 16.3. The van der Waals surface area contributed by atoms with Crippen LogP contribution in [0.2, 0.25) is 0 Å². The minimum absolute atomic E-state index is 0.120. The van der Waals surface area contributed by atoms with E-state index in [1.807, 2.05) is 12.3 Å². The Kier molecular flexibility index (Phi) is 5.07. The molecule has 1 heterocycles. The topological polar surface area (TPSA) is 70.3 Å². The van der Waals surface area contributed by atoms with Crippen LogP contribution in [0.4, 0.5) is 0 Å². The summed E-state index contributed by atoms with van der Waals surface area (Å²) < 4.78 is 1.73. The van der Waals surface area contributed by atoms with Crippen LogP contribution in [0.5, 0.6) is 0 Å². The number of aromatic nitrogens is 2. The molecule has 1 saturated carbocycles. The smallest absolute Gasteiger partial charge is 0.0860 e. The van der Waals surface area contributed by atoms with Gasteiger partial charge in [0.05, 0.1) is 19.3 Å². The van der Waals surface area contributed by atoms with Gasteiger partial charge >= 0.3 is 0 Å². The summed E-state index contributed by atoms with van der Waals surface area (Å²) >= 11 is 0. The summed E-state index contributed by atoms with van der Waals surface area (Å²) in [6.45, 7) is 7.83. The van der Waals surface area contributed by atoms with Crippen molar-refractivity contribution < 1.29 is 10.2 Å². The summed E-state index contributed by atoms with van der Waals surface area (Å²) in [5.74, 6) is 0.580. The van der Waals surface area contributed by atoms with Gasteiger partial charge in [0, 0.05) is 24.5 Å². The van der Waals surface area contributed by atoms with E-state index in [9.17, 15) is 10.2 Å². The van der Waals surface area contributed by atoms with Crippen LogP contribution in [0.3, 0.4) is 0 Å². The fraction of sp³-hybridized carbons (Fsp3) is 0.812. The highest BCUT2D eigenvalue weighted by Crippen LogP contribution is 2.43. The number of rotatable bonds is 6. The summed E-state index contributed by atoms with van der Waals surface area (Å²) in [7, 11) is 0. The molecule has 3 N–H and O–H groups in total. The molecule has 0 aromatic carbocycles. The lowest BCUT2D eigenvalue weighted by atomic mass is 9.64. The van der Waals surface area contributed by atoms with Gasteiger partial charge < -0.3 is 15.5 Å². The van der Waals surface area contributed by atoms with Crippen LogP contribution >= 0.6 is 0 Å². The maximum Gasteiger partial charge on any atom is 0.0860 e. The van der Waals surface area contributed by atoms with Gasteiger partial charge in [-0.15, -0.1) is 0 Å². The molecule has 5 nitrogen and oxygen atoms in total. The van der Waals surface area contributed by atoms with Gasteiger partial charge in [-0.2, -0.15) is 5.10 Å². The fourth-order valence-corrected chi connectivity index (χ4v) is 4.08. The van der Waals surface area contributed by atoms with Gasteiger partial charge in [0.1, 0.15) is 0 Å². The van der Waals surface area contributed by atoms with Crippen LogP contribution in [-0.4, -0.2) is 44.8 Å². The molecule has 5 heteroatoms. The van der Waals surface area contributed by atoms with Crippen molar-refractivity contribution in [1.29, 1.82) is 0 Å². The molecule has 0 spiro atoms. The second-order valence-corrected chi connectivity index (χ2v) is 7.56. The molecule has 1 aliphatic rings. The Hall–Kier alpha value is -0.910. The van der Waals surface area contributed by atoms with E-state index >= 15 is 0 Å². The molecular weight excluding hydrogens is 266 g/mol. The van der Waals surface area contributed by atoms with Gasteiger partial charge in [-0.05, 0) is 36.7 Å². The number of hydrogen-bond donors (Lipinski definition) is 3. The van der Waals surface area contributed by atoms with E-state index in [-0.39, 0.29) is 17.6 Å². The van der Waals surface area contributed by atoms with Crippen molar-refractivity contribution in [2.45, 2.75) is 58.2 Å². The van der Waals surface area contributed by atoms with Crippen molar-refractivity contribution in [3.63, 3.8) is 0 Å². The third-order valence-electron chi connectivity index (χ3n) is 4.43. The Labute approximate surface area is 127 Å². The van der Waals surface area contributed by atoms with Gasteiger partial charge in [0.2, 0.25) is 0 Å². The van der Waals surface area contributed by atoms with Crippen LogP contribution in [-0.2, 0) is 6.54 Å². The maximum absolute atomic E-state index is 10.2. The SMILES string of the molecule is C[C@@H]1CC(C)(C)C[C@](CO)(NC[C@H](O)Cn2cccn2)C1. The molecule has 0 bridgehead atoms. The zero-order valence-electron chi connectivity index (χ0n) is 13.4. The molecule has 0 saturated heterocycles. The Balaban J connectivity index is 1.92. The minimum atomic E-state index is -0.506. The van der Waals surface area contributed by atoms with Crippen LogP contribution in [0.1, 0.15) is 40.0 Å². The lowest BCUT2D eigenvalue weighted by molar-refractivity contribution is 0.0249. The molecule has 0 amide bonds. The van der Waals surface area contributed by atoms with Crippen molar-refractivity contribution in [2.24, 2.45) is 11.3 Å². The molecule has 1 fully saturated rings. The monoisotopic (exact) mass is 295 g/mol. The third-order valence-corrected chi connectivity index (χ3v) is 4.43. The predicted octanol–water partition coefficient (Wildman–Crippen LogP) is 1.41. The first-order valence-corrected chi connectivity index (χ1v) is 7.86. The number of aliphatic hydroxyl groups excluding tert-OH is 2. The highest BCUT2D eigenvalue weighted by Gasteiger charge is 2.42. The first-order valence-electron chi connectivity index (χ1n) is 7.86. The average Bonchev–Trinajstić information content (AvgIpc) is 2.87. The molecule has 0 unspecified atom stereocenters. The molecule has 3 atom stereocenters. The van der Waals surface area contributed by atoms with Crippen LogP contribution in [0.25, 0.3) is 0 Å². The van der Waals surface area contributed by atoms with Crippen molar-refractivity contribution in [1.82, 2.24) is 15.1 Å². The molecule has 21 heavy (non-hydrogen) atoms. The minimum Gasteiger partial charge on any atom is -0.394 e. The van der Waals surface area contributed by atoms with E-state index in [0.29, 0.717) is 19.0 Å². The molecule has 2 rings (SSSR count). The molecule has 120 valence electrons. The Morgan fingerprint density at radius 1 is 1.43 bits per heavy atom. The van der Waals surface area contributed by atoms with Gasteiger partial charge in [-0.25, -0.2) is 0 Å². The van der Waals surface area contributed by atoms with E-state index in [4.69, 9.17) is 0 Å². The first kappa shape index (κ1) is 16.5. The van der Waals surface area contributed by atoms with Crippen LogP contribution in [0.15, 0.2) is 18.5 Å². The highest BCUT2D eigenvalue weighted by molar-refractivity contribution is 4.99. The zero-order valence-corrected chi connectivity index (χ0v) is 13.4. The summed E-state index contributed by atoms with van der Waals surface area (Å²) in [4.78, 5) is 0. The fourth-order valence-electron chi connectivity index (χ4n) is 4.08. The standard InChI is InChI=1S/C16H29N3O2/c1-13-7-15(2,3)11-16(8-13,12-20)17-9-14(21)10-19-6-4-5-18-19/h4-6,13-14,17,20-21H,7-12H2,1-3H3/t13-,14+,16-/m1/s1. The van der Waals surface area contributed by atoms with E-state index in [2.05, 4.69) is 31.2 Å². The molecule has 1 aromatic heterocycles. The Morgan fingerprint density at radius 2 is 2.19 bits per heavy atom. The van der Waals surface area contributed by atoms with Gasteiger partial charge in [-0.3, -0.25) is 4.68 Å². The van der Waals surface area contributed by atoms with E-state index < -0.39 is 6.10 Å². The summed E-state index contributed by atoms with van der Waals surface area (Å²) in [5.41, 5.74) is -0.0490. The predicted molar refractivity (Wildman–Crippen MR) is 82.8 cm³/mol. The summed E-state index contributed by atoms with van der Waals surface area (Å²) in [5, 5.41) is 27.6. The molecule has 1 aliphatic carbocycles. The second kappa shape index (κ2) is 6.46. The quantitative estimate of drug-likeness (QED) is 0.742. The number of β-amino-alcohol motifs (C(OH)–C–C–N with tert-alkyl or cyclic N) is 1. The van der Waals surface area contributed by atoms with Crippen molar-refractivity contribution in [3.05, 3.63) is 18.5 Å². The van der Waals surface area contributed by atoms with E-state index in [1.54, 1.807) is 10.9 Å². The third kappa shape index (κ3) is 4.53. The lowest BCUT2D eigenvalue weighted by Gasteiger charge is -2.47. The van der Waals surface area contributed by atoms with Gasteiger partial charge in [0.25, 0.3) is 0 Å². The summed E-state index contributed by atoms with van der Waals surface area (Å²) in [6, 6.07) is 1.85. The second-order valence-electron chi connectivity index (χ2n) is 7.56.